The molecule has 6 heteroatoms. The minimum absolute atomic E-state index is 0.127. The predicted molar refractivity (Wildman–Crippen MR) is 151 cm³/mol. The molecule has 0 saturated carbocycles. The van der Waals surface area contributed by atoms with E-state index in [1.54, 1.807) is 30.0 Å². The van der Waals surface area contributed by atoms with Gasteiger partial charge in [0.2, 0.25) is 0 Å². The van der Waals surface area contributed by atoms with Crippen LogP contribution in [0.3, 0.4) is 0 Å². The number of amides is 1. The standard InChI is InChI=1S/C32H28N2O4/c1-4-37-32(36)24-12-10-23(11-13-24)30-19-18-28(38-30)20-25-21-29(22-8-6-5-7-9-22)34(31(25)35)27-16-14-26(15-17-27)33(2)3/h5-21H,4H2,1-3H3. The van der Waals surface area contributed by atoms with Crippen molar-refractivity contribution in [2.45, 2.75) is 6.92 Å². The number of carbonyl (C=O) groups excluding carboxylic acids is 2. The summed E-state index contributed by atoms with van der Waals surface area (Å²) in [6.45, 7) is 2.10. The van der Waals surface area contributed by atoms with Crippen LogP contribution in [-0.4, -0.2) is 32.6 Å². The van der Waals surface area contributed by atoms with Gasteiger partial charge >= 0.3 is 5.97 Å². The largest absolute Gasteiger partial charge is 0.462 e. The SMILES string of the molecule is CCOC(=O)c1ccc(-c2ccc(C=C3C=C(c4ccccc4)N(c4ccc(N(C)C)cc4)C3=O)o2)cc1. The van der Waals surface area contributed by atoms with E-state index in [0.717, 1.165) is 28.2 Å². The molecule has 1 aliphatic rings. The fraction of sp³-hybridized carbons (Fsp3) is 0.125. The minimum atomic E-state index is -0.356. The second kappa shape index (κ2) is 10.6. The van der Waals surface area contributed by atoms with Crippen molar-refractivity contribution in [3.8, 4) is 11.3 Å². The van der Waals surface area contributed by atoms with E-state index in [9.17, 15) is 9.59 Å². The summed E-state index contributed by atoms with van der Waals surface area (Å²) >= 11 is 0. The van der Waals surface area contributed by atoms with E-state index < -0.39 is 0 Å². The number of rotatable bonds is 7. The van der Waals surface area contributed by atoms with Crippen molar-refractivity contribution >= 4 is 35.0 Å². The number of benzene rings is 3. The molecule has 0 radical (unpaired) electrons. The molecule has 0 N–H and O–H groups in total. The first-order chi connectivity index (χ1) is 18.4. The molecule has 0 aliphatic carbocycles. The normalized spacial score (nSPS) is 14.1. The average molecular weight is 505 g/mol. The van der Waals surface area contributed by atoms with E-state index in [4.69, 9.17) is 9.15 Å². The molecule has 0 atom stereocenters. The molecule has 0 spiro atoms. The molecule has 1 aliphatic heterocycles. The second-order valence-electron chi connectivity index (χ2n) is 9.05. The lowest BCUT2D eigenvalue weighted by atomic mass is 10.1. The Kier molecular flexibility index (Phi) is 6.96. The number of anilines is 2. The maximum absolute atomic E-state index is 13.7. The molecule has 0 saturated heterocycles. The van der Waals surface area contributed by atoms with Crippen molar-refractivity contribution in [1.82, 2.24) is 0 Å². The van der Waals surface area contributed by atoms with Crippen LogP contribution in [0.15, 0.2) is 107 Å². The van der Waals surface area contributed by atoms with Crippen LogP contribution in [0.4, 0.5) is 11.4 Å². The zero-order valence-corrected chi connectivity index (χ0v) is 21.5. The van der Waals surface area contributed by atoms with Crippen molar-refractivity contribution in [3.63, 3.8) is 0 Å². The van der Waals surface area contributed by atoms with Gasteiger partial charge in [-0.3, -0.25) is 9.69 Å². The van der Waals surface area contributed by atoms with E-state index in [2.05, 4.69) is 0 Å². The first-order valence-corrected chi connectivity index (χ1v) is 12.4. The number of ether oxygens (including phenoxy) is 1. The Balaban J connectivity index is 1.45. The Hall–Kier alpha value is -4.84. The quantitative estimate of drug-likeness (QED) is 0.208. The van der Waals surface area contributed by atoms with E-state index in [0.29, 0.717) is 29.3 Å². The third-order valence-corrected chi connectivity index (χ3v) is 6.28. The highest BCUT2D eigenvalue weighted by Gasteiger charge is 2.30. The zero-order valence-electron chi connectivity index (χ0n) is 21.5. The van der Waals surface area contributed by atoms with Crippen LogP contribution in [0.2, 0.25) is 0 Å². The highest BCUT2D eigenvalue weighted by Crippen LogP contribution is 2.36. The average Bonchev–Trinajstić information content (AvgIpc) is 3.54. The molecule has 1 amide bonds. The van der Waals surface area contributed by atoms with Crippen LogP contribution >= 0.6 is 0 Å². The van der Waals surface area contributed by atoms with Crippen LogP contribution in [0.5, 0.6) is 0 Å². The molecule has 5 rings (SSSR count). The van der Waals surface area contributed by atoms with Gasteiger partial charge in [0.25, 0.3) is 5.91 Å². The molecule has 0 fully saturated rings. The first-order valence-electron chi connectivity index (χ1n) is 12.4. The maximum Gasteiger partial charge on any atom is 0.338 e. The van der Waals surface area contributed by atoms with Crippen molar-refractivity contribution in [1.29, 1.82) is 0 Å². The number of esters is 1. The summed E-state index contributed by atoms with van der Waals surface area (Å²) < 4.78 is 11.1. The molecule has 1 aromatic heterocycles. The van der Waals surface area contributed by atoms with Gasteiger partial charge in [0.05, 0.1) is 17.9 Å². The van der Waals surface area contributed by atoms with Crippen molar-refractivity contribution < 1.29 is 18.7 Å². The van der Waals surface area contributed by atoms with E-state index >= 15 is 0 Å². The highest BCUT2D eigenvalue weighted by atomic mass is 16.5. The smallest absolute Gasteiger partial charge is 0.338 e. The second-order valence-corrected chi connectivity index (χ2v) is 9.05. The summed E-state index contributed by atoms with van der Waals surface area (Å²) in [5.41, 5.74) is 5.44. The fourth-order valence-corrected chi connectivity index (χ4v) is 4.32. The molecule has 38 heavy (non-hydrogen) atoms. The minimum Gasteiger partial charge on any atom is -0.462 e. The summed E-state index contributed by atoms with van der Waals surface area (Å²) in [5.74, 6) is 0.719. The van der Waals surface area contributed by atoms with Gasteiger partial charge in [-0.2, -0.15) is 0 Å². The highest BCUT2D eigenvalue weighted by molar-refractivity contribution is 6.23. The molecule has 2 heterocycles. The molecule has 0 unspecified atom stereocenters. The summed E-state index contributed by atoms with van der Waals surface area (Å²) in [5, 5.41) is 0. The monoisotopic (exact) mass is 504 g/mol. The Morgan fingerprint density at radius 2 is 1.61 bits per heavy atom. The van der Waals surface area contributed by atoms with Crippen molar-refractivity contribution in [2.75, 3.05) is 30.5 Å². The molecular formula is C32H28N2O4. The van der Waals surface area contributed by atoms with Crippen molar-refractivity contribution in [2.24, 2.45) is 0 Å². The summed E-state index contributed by atoms with van der Waals surface area (Å²) in [4.78, 5) is 29.3. The van der Waals surface area contributed by atoms with Gasteiger partial charge in [0.1, 0.15) is 11.5 Å². The van der Waals surface area contributed by atoms with Gasteiger partial charge in [-0.25, -0.2) is 4.79 Å². The Bertz CT molecular complexity index is 1510. The van der Waals surface area contributed by atoms with Gasteiger partial charge in [-0.05, 0) is 73.2 Å². The van der Waals surface area contributed by atoms with E-state index in [-0.39, 0.29) is 11.9 Å². The van der Waals surface area contributed by atoms with Crippen LogP contribution in [-0.2, 0) is 9.53 Å². The molecule has 4 aromatic rings. The lowest BCUT2D eigenvalue weighted by Gasteiger charge is -2.22. The lowest BCUT2D eigenvalue weighted by Crippen LogP contribution is -2.25. The van der Waals surface area contributed by atoms with E-state index in [1.165, 1.54) is 0 Å². The van der Waals surface area contributed by atoms with Gasteiger partial charge < -0.3 is 14.1 Å². The third-order valence-electron chi connectivity index (χ3n) is 6.28. The van der Waals surface area contributed by atoms with Crippen LogP contribution in [0.1, 0.15) is 28.6 Å². The fourth-order valence-electron chi connectivity index (χ4n) is 4.32. The summed E-state index contributed by atoms with van der Waals surface area (Å²) in [6, 6.07) is 28.5. The topological polar surface area (TPSA) is 63.0 Å². The van der Waals surface area contributed by atoms with Gasteiger partial charge in [-0.1, -0.05) is 42.5 Å². The Labute approximate surface area is 222 Å². The number of hydrogen-bond acceptors (Lipinski definition) is 5. The van der Waals surface area contributed by atoms with E-state index in [1.807, 2.05) is 104 Å². The first kappa shape index (κ1) is 24.8. The number of nitrogens with zero attached hydrogens (tertiary/aromatic N) is 2. The third kappa shape index (κ3) is 5.02. The van der Waals surface area contributed by atoms with Gasteiger partial charge in [0, 0.05) is 36.6 Å². The molecule has 0 bridgehead atoms. The number of furan rings is 1. The van der Waals surface area contributed by atoms with Gasteiger partial charge in [0.15, 0.2) is 0 Å². The van der Waals surface area contributed by atoms with Crippen LogP contribution in [0, 0.1) is 0 Å². The zero-order chi connectivity index (χ0) is 26.6. The molecule has 190 valence electrons. The number of carbonyl (C=O) groups is 2. The summed E-state index contributed by atoms with van der Waals surface area (Å²) in [6.07, 6.45) is 3.66. The van der Waals surface area contributed by atoms with Crippen LogP contribution < -0.4 is 9.80 Å². The van der Waals surface area contributed by atoms with Crippen LogP contribution in [0.25, 0.3) is 23.1 Å². The Morgan fingerprint density at radius 1 is 0.895 bits per heavy atom. The molecular weight excluding hydrogens is 476 g/mol. The van der Waals surface area contributed by atoms with Gasteiger partial charge in [-0.15, -0.1) is 0 Å². The van der Waals surface area contributed by atoms with Crippen molar-refractivity contribution in [3.05, 3.63) is 120 Å². The maximum atomic E-state index is 13.7. The number of hydrogen-bond donors (Lipinski definition) is 0. The summed E-state index contributed by atoms with van der Waals surface area (Å²) in [7, 11) is 3.97. The predicted octanol–water partition coefficient (Wildman–Crippen LogP) is 6.66. The molecule has 3 aromatic carbocycles. The molecule has 6 nitrogen and oxygen atoms in total. The Morgan fingerprint density at radius 3 is 2.26 bits per heavy atom. The lowest BCUT2D eigenvalue weighted by molar-refractivity contribution is -0.113.